The summed E-state index contributed by atoms with van der Waals surface area (Å²) in [6.07, 6.45) is 2.71. The molecule has 0 amide bonds. The van der Waals surface area contributed by atoms with Crippen LogP contribution in [0.1, 0.15) is 10.4 Å². The number of carboxylic acid groups (broad SMARTS) is 1. The first-order valence-electron chi connectivity index (χ1n) is 5.02. The van der Waals surface area contributed by atoms with E-state index in [1.54, 1.807) is 12.1 Å². The maximum absolute atomic E-state index is 10.8. The summed E-state index contributed by atoms with van der Waals surface area (Å²) in [5.74, 6) is -0.315. The van der Waals surface area contributed by atoms with E-state index in [2.05, 4.69) is 20.2 Å². The third-order valence-corrected chi connectivity index (χ3v) is 2.30. The quantitative estimate of drug-likeness (QED) is 0.723. The summed E-state index contributed by atoms with van der Waals surface area (Å²) in [7, 11) is 0. The van der Waals surface area contributed by atoms with Crippen LogP contribution < -0.4 is 0 Å². The Hall–Kier alpha value is -2.83. The molecule has 3 aromatic rings. The number of aromatic carboxylic acids is 1. The van der Waals surface area contributed by atoms with Crippen molar-refractivity contribution in [3.63, 3.8) is 0 Å². The topological polar surface area (TPSA) is 102 Å². The van der Waals surface area contributed by atoms with Gasteiger partial charge in [0.05, 0.1) is 11.8 Å². The molecule has 3 rings (SSSR count). The van der Waals surface area contributed by atoms with Gasteiger partial charge in [-0.1, -0.05) is 0 Å². The van der Waals surface area contributed by atoms with Gasteiger partial charge in [-0.15, -0.1) is 10.2 Å². The number of carboxylic acids is 1. The largest absolute Gasteiger partial charge is 0.478 e. The number of hydrogen-bond acceptors (Lipinski definition) is 6. The smallest absolute Gasteiger partial charge is 0.337 e. The molecule has 7 nitrogen and oxygen atoms in total. The Kier molecular flexibility index (Phi) is 2.23. The van der Waals surface area contributed by atoms with E-state index in [4.69, 9.17) is 9.52 Å². The zero-order chi connectivity index (χ0) is 12.5. The highest BCUT2D eigenvalue weighted by Crippen LogP contribution is 2.16. The van der Waals surface area contributed by atoms with Crippen LogP contribution in [0.15, 0.2) is 35.1 Å². The Balaban J connectivity index is 2.18. The van der Waals surface area contributed by atoms with E-state index in [1.165, 1.54) is 18.5 Å². The number of carbonyl (C=O) groups is 1. The van der Waals surface area contributed by atoms with Crippen molar-refractivity contribution < 1.29 is 14.3 Å². The van der Waals surface area contributed by atoms with Crippen LogP contribution in [-0.2, 0) is 0 Å². The fraction of sp³-hybridized carbons (Fsp3) is 0. The zero-order valence-electron chi connectivity index (χ0n) is 8.94. The SMILES string of the molecule is O=C(O)c1cnc2nnc(-c3ccco3)nc2c1. The standard InChI is InChI=1S/C11H6N4O3/c16-11(17)6-4-7-9(12-5-6)14-15-10(13-7)8-2-1-3-18-8/h1-5H,(H,16,17). The van der Waals surface area contributed by atoms with Crippen molar-refractivity contribution >= 4 is 17.1 Å². The molecule has 7 heteroatoms. The highest BCUT2D eigenvalue weighted by atomic mass is 16.4. The second kappa shape index (κ2) is 3.88. The lowest BCUT2D eigenvalue weighted by molar-refractivity contribution is 0.0696. The van der Waals surface area contributed by atoms with E-state index in [0.29, 0.717) is 11.3 Å². The minimum absolute atomic E-state index is 0.0494. The highest BCUT2D eigenvalue weighted by Gasteiger charge is 2.10. The number of pyridine rings is 1. The first kappa shape index (κ1) is 10.3. The predicted octanol–water partition coefficient (Wildman–Crippen LogP) is 1.38. The summed E-state index contributed by atoms with van der Waals surface area (Å²) in [6.45, 7) is 0. The zero-order valence-corrected chi connectivity index (χ0v) is 8.94. The van der Waals surface area contributed by atoms with E-state index in [0.717, 1.165) is 0 Å². The van der Waals surface area contributed by atoms with Crippen molar-refractivity contribution in [3.8, 4) is 11.6 Å². The van der Waals surface area contributed by atoms with E-state index < -0.39 is 5.97 Å². The van der Waals surface area contributed by atoms with Crippen LogP contribution in [0.5, 0.6) is 0 Å². The molecule has 0 bridgehead atoms. The summed E-state index contributed by atoms with van der Waals surface area (Å²) in [5.41, 5.74) is 0.694. The number of aromatic nitrogens is 4. The lowest BCUT2D eigenvalue weighted by Crippen LogP contribution is -2.00. The van der Waals surface area contributed by atoms with Gasteiger partial charge in [-0.3, -0.25) is 0 Å². The second-order valence-corrected chi connectivity index (χ2v) is 3.48. The number of rotatable bonds is 2. The fourth-order valence-corrected chi connectivity index (χ4v) is 1.46. The molecule has 0 radical (unpaired) electrons. The van der Waals surface area contributed by atoms with Crippen LogP contribution in [0.3, 0.4) is 0 Å². The van der Waals surface area contributed by atoms with Gasteiger partial charge in [0, 0.05) is 6.20 Å². The average molecular weight is 242 g/mol. The van der Waals surface area contributed by atoms with Gasteiger partial charge in [0.1, 0.15) is 5.52 Å². The van der Waals surface area contributed by atoms with Crippen molar-refractivity contribution in [3.05, 3.63) is 36.2 Å². The lowest BCUT2D eigenvalue weighted by atomic mass is 10.3. The number of fused-ring (bicyclic) bond motifs is 1. The maximum atomic E-state index is 10.8. The Bertz CT molecular complexity index is 724. The maximum Gasteiger partial charge on any atom is 0.337 e. The number of hydrogen-bond donors (Lipinski definition) is 1. The molecule has 0 fully saturated rings. The molecule has 18 heavy (non-hydrogen) atoms. The lowest BCUT2D eigenvalue weighted by Gasteiger charge is -1.99. The Morgan fingerprint density at radius 3 is 2.94 bits per heavy atom. The molecule has 0 saturated heterocycles. The van der Waals surface area contributed by atoms with Crippen LogP contribution in [0.2, 0.25) is 0 Å². The molecule has 0 unspecified atom stereocenters. The molecule has 3 aromatic heterocycles. The highest BCUT2D eigenvalue weighted by molar-refractivity contribution is 5.90. The molecule has 0 aliphatic carbocycles. The Morgan fingerprint density at radius 1 is 1.33 bits per heavy atom. The van der Waals surface area contributed by atoms with Crippen LogP contribution in [0, 0.1) is 0 Å². The van der Waals surface area contributed by atoms with Gasteiger partial charge >= 0.3 is 5.97 Å². The van der Waals surface area contributed by atoms with Crippen molar-refractivity contribution in [1.82, 2.24) is 20.2 Å². The molecule has 0 aliphatic heterocycles. The third-order valence-electron chi connectivity index (χ3n) is 2.30. The summed E-state index contributed by atoms with van der Waals surface area (Å²) < 4.78 is 5.14. The van der Waals surface area contributed by atoms with Gasteiger partial charge in [-0.05, 0) is 18.2 Å². The summed E-state index contributed by atoms with van der Waals surface area (Å²) in [6, 6.07) is 4.79. The van der Waals surface area contributed by atoms with Crippen molar-refractivity contribution in [1.29, 1.82) is 0 Å². The van der Waals surface area contributed by atoms with Gasteiger partial charge in [-0.25, -0.2) is 14.8 Å². The Labute approximate surface area is 100 Å². The molecule has 0 atom stereocenters. The van der Waals surface area contributed by atoms with Crippen LogP contribution >= 0.6 is 0 Å². The molecule has 0 saturated carbocycles. The van der Waals surface area contributed by atoms with Gasteiger partial charge < -0.3 is 9.52 Å². The van der Waals surface area contributed by atoms with Crippen LogP contribution in [0.4, 0.5) is 0 Å². The van der Waals surface area contributed by atoms with Crippen molar-refractivity contribution in [2.24, 2.45) is 0 Å². The van der Waals surface area contributed by atoms with E-state index >= 15 is 0 Å². The normalized spacial score (nSPS) is 10.7. The van der Waals surface area contributed by atoms with Crippen LogP contribution in [-0.4, -0.2) is 31.2 Å². The fourth-order valence-electron chi connectivity index (χ4n) is 1.46. The molecular weight excluding hydrogens is 236 g/mol. The molecule has 88 valence electrons. The summed E-state index contributed by atoms with van der Waals surface area (Å²) in [5, 5.41) is 16.6. The molecule has 0 aliphatic rings. The van der Waals surface area contributed by atoms with Gasteiger partial charge in [0.15, 0.2) is 5.76 Å². The number of furan rings is 1. The van der Waals surface area contributed by atoms with Crippen molar-refractivity contribution in [2.75, 3.05) is 0 Å². The van der Waals surface area contributed by atoms with E-state index in [-0.39, 0.29) is 17.0 Å². The minimum Gasteiger partial charge on any atom is -0.478 e. The monoisotopic (exact) mass is 242 g/mol. The predicted molar refractivity (Wildman–Crippen MR) is 59.8 cm³/mol. The molecule has 0 aromatic carbocycles. The number of nitrogens with zero attached hydrogens (tertiary/aromatic N) is 4. The first-order valence-corrected chi connectivity index (χ1v) is 5.02. The van der Waals surface area contributed by atoms with E-state index in [9.17, 15) is 4.79 Å². The van der Waals surface area contributed by atoms with E-state index in [1.807, 2.05) is 0 Å². The minimum atomic E-state index is -1.07. The molecule has 3 heterocycles. The van der Waals surface area contributed by atoms with Gasteiger partial charge in [0.25, 0.3) is 0 Å². The van der Waals surface area contributed by atoms with Gasteiger partial charge in [0.2, 0.25) is 11.5 Å². The van der Waals surface area contributed by atoms with Crippen LogP contribution in [0.25, 0.3) is 22.7 Å². The summed E-state index contributed by atoms with van der Waals surface area (Å²) >= 11 is 0. The first-order chi connectivity index (χ1) is 8.74. The summed E-state index contributed by atoms with van der Waals surface area (Å²) in [4.78, 5) is 18.9. The molecular formula is C11H6N4O3. The Morgan fingerprint density at radius 2 is 2.22 bits per heavy atom. The van der Waals surface area contributed by atoms with Crippen molar-refractivity contribution in [2.45, 2.75) is 0 Å². The molecule has 0 spiro atoms. The average Bonchev–Trinajstić information content (AvgIpc) is 2.91. The third kappa shape index (κ3) is 1.67. The van der Waals surface area contributed by atoms with Gasteiger partial charge in [-0.2, -0.15) is 0 Å². The second-order valence-electron chi connectivity index (χ2n) is 3.48. The molecule has 1 N–H and O–H groups in total.